The molecule has 0 radical (unpaired) electrons. The summed E-state index contributed by atoms with van der Waals surface area (Å²) in [6.45, 7) is 9.94. The van der Waals surface area contributed by atoms with Gasteiger partial charge in [0.1, 0.15) is 5.82 Å². The quantitative estimate of drug-likeness (QED) is 0.754. The Bertz CT molecular complexity index is 486. The van der Waals surface area contributed by atoms with E-state index in [-0.39, 0.29) is 16.6 Å². The second kappa shape index (κ2) is 4.99. The number of benzene rings is 1. The van der Waals surface area contributed by atoms with E-state index < -0.39 is 0 Å². The second-order valence-corrected chi connectivity index (χ2v) is 6.91. The molecule has 0 bridgehead atoms. The largest absolute Gasteiger partial charge is 0.381 e. The van der Waals surface area contributed by atoms with Crippen LogP contribution >= 0.6 is 0 Å². The number of allylic oxidation sites excluding steroid dienone is 1. The molecule has 1 aliphatic carbocycles. The van der Waals surface area contributed by atoms with Crippen molar-refractivity contribution < 1.29 is 4.39 Å². The van der Waals surface area contributed by atoms with Crippen molar-refractivity contribution in [2.45, 2.75) is 40.5 Å². The zero-order valence-corrected chi connectivity index (χ0v) is 12.4. The summed E-state index contributed by atoms with van der Waals surface area (Å²) in [4.78, 5) is 0. The van der Waals surface area contributed by atoms with Crippen LogP contribution in [0.4, 0.5) is 10.1 Å². The smallest absolute Gasteiger partial charge is 0.125 e. The molecule has 104 valence electrons. The van der Waals surface area contributed by atoms with E-state index >= 15 is 0 Å². The Morgan fingerprint density at radius 3 is 2.58 bits per heavy atom. The number of hydrogen-bond donors (Lipinski definition) is 1. The Morgan fingerprint density at radius 2 is 1.89 bits per heavy atom. The van der Waals surface area contributed by atoms with Crippen molar-refractivity contribution in [3.63, 3.8) is 0 Å². The highest BCUT2D eigenvalue weighted by Crippen LogP contribution is 2.43. The van der Waals surface area contributed by atoms with Crippen LogP contribution in [-0.4, -0.2) is 6.54 Å². The summed E-state index contributed by atoms with van der Waals surface area (Å²) in [5.41, 5.74) is 2.78. The molecule has 0 saturated heterocycles. The van der Waals surface area contributed by atoms with Crippen molar-refractivity contribution in [1.29, 1.82) is 0 Å². The monoisotopic (exact) mass is 261 g/mol. The third-order valence-electron chi connectivity index (χ3n) is 4.14. The predicted molar refractivity (Wildman–Crippen MR) is 79.8 cm³/mol. The molecule has 2 heteroatoms. The number of rotatable bonds is 3. The van der Waals surface area contributed by atoms with E-state index in [9.17, 15) is 4.39 Å². The van der Waals surface area contributed by atoms with Gasteiger partial charge in [0.2, 0.25) is 0 Å². The van der Waals surface area contributed by atoms with Crippen LogP contribution in [-0.2, 0) is 0 Å². The number of nitrogens with one attached hydrogen (secondary N) is 1. The van der Waals surface area contributed by atoms with E-state index in [1.54, 1.807) is 12.1 Å². The van der Waals surface area contributed by atoms with Crippen molar-refractivity contribution in [2.75, 3.05) is 11.9 Å². The van der Waals surface area contributed by atoms with Gasteiger partial charge in [0.15, 0.2) is 0 Å². The number of anilines is 1. The molecular weight excluding hydrogens is 237 g/mol. The minimum atomic E-state index is -0.192. The van der Waals surface area contributed by atoms with E-state index in [4.69, 9.17) is 0 Å². The molecule has 0 atom stereocenters. The third kappa shape index (κ3) is 3.59. The van der Waals surface area contributed by atoms with Gasteiger partial charge in [0.25, 0.3) is 0 Å². The van der Waals surface area contributed by atoms with Crippen molar-refractivity contribution in [2.24, 2.45) is 10.8 Å². The topological polar surface area (TPSA) is 12.0 Å². The summed E-state index contributed by atoms with van der Waals surface area (Å²) in [5, 5.41) is 3.34. The lowest BCUT2D eigenvalue weighted by atomic mass is 9.67. The van der Waals surface area contributed by atoms with Gasteiger partial charge in [0.05, 0.1) is 0 Å². The standard InChI is InChI=1S/C17H24FN/c1-16(2)8-9-17(3,4)13(11-16)12-19-15-7-5-6-14(18)10-15/h5-7,10-11,19H,8-9,12H2,1-4H3. The lowest BCUT2D eigenvalue weighted by Crippen LogP contribution is -2.29. The fourth-order valence-corrected chi connectivity index (χ4v) is 2.62. The van der Waals surface area contributed by atoms with Crippen molar-refractivity contribution >= 4 is 5.69 Å². The molecule has 1 N–H and O–H groups in total. The highest BCUT2D eigenvalue weighted by Gasteiger charge is 2.32. The summed E-state index contributed by atoms with van der Waals surface area (Å²) in [7, 11) is 0. The van der Waals surface area contributed by atoms with Gasteiger partial charge in [-0.3, -0.25) is 0 Å². The number of halogens is 1. The summed E-state index contributed by atoms with van der Waals surface area (Å²) in [6, 6.07) is 6.66. The maximum Gasteiger partial charge on any atom is 0.125 e. The van der Waals surface area contributed by atoms with Crippen molar-refractivity contribution in [3.05, 3.63) is 41.7 Å². The van der Waals surface area contributed by atoms with Gasteiger partial charge in [-0.1, -0.05) is 39.8 Å². The first kappa shape index (κ1) is 14.1. The molecule has 0 aliphatic heterocycles. The fraction of sp³-hybridized carbons (Fsp3) is 0.529. The Hall–Kier alpha value is -1.31. The molecule has 1 aliphatic rings. The molecule has 0 heterocycles. The van der Waals surface area contributed by atoms with E-state index in [1.807, 2.05) is 6.07 Å². The first-order valence-electron chi connectivity index (χ1n) is 7.00. The van der Waals surface area contributed by atoms with Crippen LogP contribution < -0.4 is 5.32 Å². The molecule has 0 amide bonds. The first-order chi connectivity index (χ1) is 8.78. The van der Waals surface area contributed by atoms with Crippen LogP contribution in [0.15, 0.2) is 35.9 Å². The zero-order valence-electron chi connectivity index (χ0n) is 12.4. The fourth-order valence-electron chi connectivity index (χ4n) is 2.62. The van der Waals surface area contributed by atoms with Gasteiger partial charge >= 0.3 is 0 Å². The van der Waals surface area contributed by atoms with Gasteiger partial charge in [-0.2, -0.15) is 0 Å². The van der Waals surface area contributed by atoms with Crippen LogP contribution in [0.2, 0.25) is 0 Å². The summed E-state index contributed by atoms with van der Waals surface area (Å²) < 4.78 is 13.2. The average molecular weight is 261 g/mol. The molecule has 0 spiro atoms. The van der Waals surface area contributed by atoms with E-state index in [2.05, 4.69) is 39.1 Å². The van der Waals surface area contributed by atoms with E-state index in [0.29, 0.717) is 0 Å². The normalized spacial score (nSPS) is 20.8. The molecule has 0 unspecified atom stereocenters. The Labute approximate surface area is 115 Å². The highest BCUT2D eigenvalue weighted by molar-refractivity contribution is 5.45. The first-order valence-corrected chi connectivity index (χ1v) is 7.00. The maximum absolute atomic E-state index is 13.2. The second-order valence-electron chi connectivity index (χ2n) is 6.91. The van der Waals surface area contributed by atoms with Gasteiger partial charge in [0, 0.05) is 12.2 Å². The van der Waals surface area contributed by atoms with Gasteiger partial charge in [-0.25, -0.2) is 4.39 Å². The van der Waals surface area contributed by atoms with Gasteiger partial charge in [-0.05, 0) is 47.4 Å². The average Bonchev–Trinajstić information content (AvgIpc) is 2.31. The zero-order chi connectivity index (χ0) is 14.1. The molecule has 1 aromatic carbocycles. The number of hydrogen-bond acceptors (Lipinski definition) is 1. The molecule has 0 fully saturated rings. The van der Waals surface area contributed by atoms with Crippen molar-refractivity contribution in [3.8, 4) is 0 Å². The summed E-state index contributed by atoms with van der Waals surface area (Å²) in [5.74, 6) is -0.192. The minimum Gasteiger partial charge on any atom is -0.381 e. The summed E-state index contributed by atoms with van der Waals surface area (Å²) >= 11 is 0. The third-order valence-corrected chi connectivity index (χ3v) is 4.14. The Balaban J connectivity index is 2.11. The molecule has 19 heavy (non-hydrogen) atoms. The maximum atomic E-state index is 13.2. The van der Waals surface area contributed by atoms with E-state index in [1.165, 1.54) is 24.5 Å². The van der Waals surface area contributed by atoms with Crippen LogP contribution in [0.3, 0.4) is 0 Å². The molecular formula is C17H24FN. The Morgan fingerprint density at radius 1 is 1.16 bits per heavy atom. The highest BCUT2D eigenvalue weighted by atomic mass is 19.1. The Kier molecular flexibility index (Phi) is 3.71. The van der Waals surface area contributed by atoms with E-state index in [0.717, 1.165) is 12.2 Å². The molecule has 2 rings (SSSR count). The molecule has 1 nitrogen and oxygen atoms in total. The molecule has 0 aromatic heterocycles. The van der Waals surface area contributed by atoms with Crippen molar-refractivity contribution in [1.82, 2.24) is 0 Å². The molecule has 1 aromatic rings. The molecule has 0 saturated carbocycles. The lowest BCUT2D eigenvalue weighted by Gasteiger charge is -2.39. The van der Waals surface area contributed by atoms with Gasteiger partial charge < -0.3 is 5.32 Å². The van der Waals surface area contributed by atoms with Crippen LogP contribution in [0.5, 0.6) is 0 Å². The lowest BCUT2D eigenvalue weighted by molar-refractivity contribution is 0.278. The minimum absolute atomic E-state index is 0.192. The predicted octanol–water partition coefficient (Wildman–Crippen LogP) is 5.01. The van der Waals surface area contributed by atoms with Crippen LogP contribution in [0.25, 0.3) is 0 Å². The summed E-state index contributed by atoms with van der Waals surface area (Å²) in [6.07, 6.45) is 4.82. The SMILES string of the molecule is CC1(C)C=C(CNc2cccc(F)c2)C(C)(C)CC1. The van der Waals surface area contributed by atoms with Crippen LogP contribution in [0, 0.1) is 16.6 Å². The van der Waals surface area contributed by atoms with Gasteiger partial charge in [-0.15, -0.1) is 0 Å². The van der Waals surface area contributed by atoms with Crippen LogP contribution in [0.1, 0.15) is 40.5 Å².